The Hall–Kier alpha value is -3.39. The van der Waals surface area contributed by atoms with E-state index in [1.807, 2.05) is 35.2 Å². The maximum absolute atomic E-state index is 13.2. The summed E-state index contributed by atoms with van der Waals surface area (Å²) in [5.41, 5.74) is 12.1. The first-order valence-electron chi connectivity index (χ1n) is 12.4. The molecule has 2 aliphatic heterocycles. The number of fused-ring (bicyclic) bond motifs is 3. The van der Waals surface area contributed by atoms with Crippen LogP contribution in [-0.4, -0.2) is 79.9 Å². The zero-order valence-electron chi connectivity index (χ0n) is 20.5. The van der Waals surface area contributed by atoms with Gasteiger partial charge in [0.05, 0.1) is 0 Å². The van der Waals surface area contributed by atoms with E-state index in [1.165, 1.54) is 0 Å². The fourth-order valence-electron chi connectivity index (χ4n) is 5.71. The van der Waals surface area contributed by atoms with Gasteiger partial charge in [-0.2, -0.15) is 0 Å². The first-order valence-corrected chi connectivity index (χ1v) is 12.4. The molecule has 3 N–H and O–H groups in total. The third kappa shape index (κ3) is 4.50. The van der Waals surface area contributed by atoms with Crippen LogP contribution in [0.2, 0.25) is 0 Å². The largest absolute Gasteiger partial charge is 0.369 e. The van der Waals surface area contributed by atoms with E-state index in [4.69, 9.17) is 5.73 Å². The van der Waals surface area contributed by atoms with E-state index >= 15 is 0 Å². The van der Waals surface area contributed by atoms with Crippen LogP contribution in [0, 0.1) is 0 Å². The Labute approximate surface area is 206 Å². The van der Waals surface area contributed by atoms with Crippen molar-refractivity contribution >= 4 is 23.4 Å². The lowest BCUT2D eigenvalue weighted by Gasteiger charge is -2.36. The number of piperidine rings is 1. The van der Waals surface area contributed by atoms with E-state index in [-0.39, 0.29) is 17.9 Å². The van der Waals surface area contributed by atoms with Crippen molar-refractivity contribution in [1.82, 2.24) is 15.1 Å². The molecule has 0 unspecified atom stereocenters. The molecule has 2 fully saturated rings. The zero-order chi connectivity index (χ0) is 24.7. The number of anilines is 1. The number of likely N-dealkylation sites (N-methyl/N-ethyl adjacent to an activating group) is 1. The summed E-state index contributed by atoms with van der Waals surface area (Å²) in [7, 11) is 2.07. The van der Waals surface area contributed by atoms with Crippen molar-refractivity contribution < 1.29 is 14.4 Å². The van der Waals surface area contributed by atoms with Gasteiger partial charge in [-0.15, -0.1) is 0 Å². The summed E-state index contributed by atoms with van der Waals surface area (Å²) in [6, 6.07) is 9.81. The molecule has 35 heavy (non-hydrogen) atoms. The predicted molar refractivity (Wildman–Crippen MR) is 136 cm³/mol. The number of hydrogen-bond acceptors (Lipinski definition) is 5. The molecule has 8 heteroatoms. The monoisotopic (exact) mass is 475 g/mol. The second-order valence-corrected chi connectivity index (χ2v) is 9.98. The molecule has 3 aliphatic rings. The minimum atomic E-state index is -0.441. The molecule has 5 rings (SSSR count). The van der Waals surface area contributed by atoms with Gasteiger partial charge in [0.25, 0.3) is 5.91 Å². The van der Waals surface area contributed by atoms with Crippen LogP contribution in [-0.2, 0) is 11.2 Å². The topological polar surface area (TPSA) is 99.0 Å². The summed E-state index contributed by atoms with van der Waals surface area (Å²) in [5.74, 6) is -0.403. The summed E-state index contributed by atoms with van der Waals surface area (Å²) < 4.78 is 0. The highest BCUT2D eigenvalue weighted by Gasteiger charge is 2.31. The third-order valence-corrected chi connectivity index (χ3v) is 7.51. The van der Waals surface area contributed by atoms with Crippen molar-refractivity contribution in [2.45, 2.75) is 32.2 Å². The summed E-state index contributed by atoms with van der Waals surface area (Å²) in [6.07, 6.45) is 2.50. The highest BCUT2D eigenvalue weighted by molar-refractivity contribution is 6.02. The van der Waals surface area contributed by atoms with Crippen LogP contribution in [0.5, 0.6) is 0 Å². The number of hydrogen-bond donors (Lipinski definition) is 2. The predicted octanol–water partition coefficient (Wildman–Crippen LogP) is 1.85. The summed E-state index contributed by atoms with van der Waals surface area (Å²) in [6.45, 7) is 6.37. The number of carbonyl (C=O) groups excluding carboxylic acids is 3. The molecule has 0 bridgehead atoms. The molecule has 0 aromatic heterocycles. The molecule has 3 amide bonds. The molecule has 1 atom stereocenters. The third-order valence-electron chi connectivity index (χ3n) is 7.51. The van der Waals surface area contributed by atoms with E-state index in [0.717, 1.165) is 80.1 Å². The Morgan fingerprint density at radius 2 is 1.80 bits per heavy atom. The van der Waals surface area contributed by atoms with E-state index in [2.05, 4.69) is 22.2 Å². The van der Waals surface area contributed by atoms with Crippen LogP contribution >= 0.6 is 0 Å². The van der Waals surface area contributed by atoms with Crippen molar-refractivity contribution in [3.8, 4) is 11.1 Å². The summed E-state index contributed by atoms with van der Waals surface area (Å²) in [4.78, 5) is 43.5. The SMILES string of the molecule is CC(=O)N[C@@H]1CCCN(c2ccc(C(N)=O)c3c2-c2ccc(C(=O)N4CCN(C)CC4)cc2C3)C1. The van der Waals surface area contributed by atoms with Crippen LogP contribution in [0.4, 0.5) is 5.69 Å². The standard InChI is InChI=1S/C27H33N5O3/c1-17(33)29-20-4-3-9-32(16-20)24-8-7-22(26(28)34)23-15-19-14-18(5-6-21(19)25(23)24)27(35)31-12-10-30(2)11-13-31/h5-8,14,20H,3-4,9-13,15-16H2,1-2H3,(H2,28,34)(H,29,33)/t20-/m1/s1. The highest BCUT2D eigenvalue weighted by atomic mass is 16.2. The molecular formula is C27H33N5O3. The molecule has 2 saturated heterocycles. The van der Waals surface area contributed by atoms with Gasteiger partial charge >= 0.3 is 0 Å². The number of nitrogens with one attached hydrogen (secondary N) is 1. The van der Waals surface area contributed by atoms with Gasteiger partial charge in [0, 0.05) is 74.6 Å². The number of rotatable bonds is 4. The second-order valence-electron chi connectivity index (χ2n) is 9.98. The number of benzene rings is 2. The van der Waals surface area contributed by atoms with E-state index in [9.17, 15) is 14.4 Å². The molecule has 0 spiro atoms. The number of primary amides is 1. The lowest BCUT2D eigenvalue weighted by atomic mass is 9.96. The van der Waals surface area contributed by atoms with Crippen molar-refractivity contribution in [1.29, 1.82) is 0 Å². The Kier molecular flexibility index (Phi) is 6.23. The summed E-state index contributed by atoms with van der Waals surface area (Å²) in [5, 5.41) is 3.05. The minimum Gasteiger partial charge on any atom is -0.369 e. The minimum absolute atomic E-state index is 0.0194. The molecule has 2 aromatic carbocycles. The van der Waals surface area contributed by atoms with E-state index in [1.54, 1.807) is 6.92 Å². The lowest BCUT2D eigenvalue weighted by molar-refractivity contribution is -0.119. The van der Waals surface area contributed by atoms with Gasteiger partial charge in [0.15, 0.2) is 0 Å². The lowest BCUT2D eigenvalue weighted by Crippen LogP contribution is -2.47. The molecule has 2 aromatic rings. The normalized spacial score (nSPS) is 19.8. The number of piperazine rings is 1. The molecular weight excluding hydrogens is 442 g/mol. The quantitative estimate of drug-likeness (QED) is 0.600. The van der Waals surface area contributed by atoms with Crippen LogP contribution in [0.1, 0.15) is 51.6 Å². The second kappa shape index (κ2) is 9.34. The molecule has 0 saturated carbocycles. The fourth-order valence-corrected chi connectivity index (χ4v) is 5.71. The van der Waals surface area contributed by atoms with Gasteiger partial charge in [-0.25, -0.2) is 0 Å². The van der Waals surface area contributed by atoms with Crippen molar-refractivity contribution in [2.75, 3.05) is 51.2 Å². The maximum Gasteiger partial charge on any atom is 0.253 e. The molecule has 184 valence electrons. The van der Waals surface area contributed by atoms with Crippen molar-refractivity contribution in [3.63, 3.8) is 0 Å². The Morgan fingerprint density at radius 1 is 1.03 bits per heavy atom. The Balaban J connectivity index is 1.49. The zero-order valence-corrected chi connectivity index (χ0v) is 20.5. The Morgan fingerprint density at radius 3 is 2.51 bits per heavy atom. The number of carbonyl (C=O) groups is 3. The first kappa shape index (κ1) is 23.4. The van der Waals surface area contributed by atoms with E-state index < -0.39 is 5.91 Å². The average molecular weight is 476 g/mol. The maximum atomic E-state index is 13.2. The molecule has 8 nitrogen and oxygen atoms in total. The van der Waals surface area contributed by atoms with Crippen molar-refractivity contribution in [3.05, 3.63) is 52.6 Å². The highest BCUT2D eigenvalue weighted by Crippen LogP contribution is 2.45. The van der Waals surface area contributed by atoms with Gasteiger partial charge in [0.2, 0.25) is 11.8 Å². The van der Waals surface area contributed by atoms with Crippen molar-refractivity contribution in [2.24, 2.45) is 5.73 Å². The van der Waals surface area contributed by atoms with Gasteiger partial charge < -0.3 is 25.8 Å². The number of amides is 3. The van der Waals surface area contributed by atoms with Crippen LogP contribution in [0.3, 0.4) is 0 Å². The molecule has 0 radical (unpaired) electrons. The van der Waals surface area contributed by atoms with Crippen LogP contribution in [0.25, 0.3) is 11.1 Å². The molecule has 1 aliphatic carbocycles. The van der Waals surface area contributed by atoms with Gasteiger partial charge in [-0.3, -0.25) is 14.4 Å². The van der Waals surface area contributed by atoms with Crippen LogP contribution in [0.15, 0.2) is 30.3 Å². The fraction of sp³-hybridized carbons (Fsp3) is 0.444. The van der Waals surface area contributed by atoms with E-state index in [0.29, 0.717) is 17.5 Å². The average Bonchev–Trinajstić information content (AvgIpc) is 3.22. The number of nitrogens with zero attached hydrogens (tertiary/aromatic N) is 3. The summed E-state index contributed by atoms with van der Waals surface area (Å²) >= 11 is 0. The number of nitrogens with two attached hydrogens (primary N) is 1. The van der Waals surface area contributed by atoms with Gasteiger partial charge in [-0.1, -0.05) is 6.07 Å². The van der Waals surface area contributed by atoms with Gasteiger partial charge in [-0.05, 0) is 67.3 Å². The van der Waals surface area contributed by atoms with Gasteiger partial charge in [0.1, 0.15) is 0 Å². The Bertz CT molecular complexity index is 1190. The smallest absolute Gasteiger partial charge is 0.253 e. The van der Waals surface area contributed by atoms with Crippen LogP contribution < -0.4 is 16.0 Å². The molecule has 2 heterocycles. The first-order chi connectivity index (χ1) is 16.8.